The Morgan fingerprint density at radius 2 is 2.09 bits per heavy atom. The average Bonchev–Trinajstić information content (AvgIpc) is 3.16. The van der Waals surface area contributed by atoms with Gasteiger partial charge < -0.3 is 10.2 Å². The molecule has 0 bridgehead atoms. The van der Waals surface area contributed by atoms with Gasteiger partial charge in [-0.15, -0.1) is 11.3 Å². The SMILES string of the molecule is N#Cc1ccsc1C(=O)NC1CCN(c2c(F)cccc2F)C1. The molecule has 1 atom stereocenters. The fraction of sp³-hybridized carbons (Fsp3) is 0.250. The zero-order valence-corrected chi connectivity index (χ0v) is 12.9. The average molecular weight is 333 g/mol. The zero-order valence-electron chi connectivity index (χ0n) is 12.1. The van der Waals surface area contributed by atoms with E-state index in [1.54, 1.807) is 16.3 Å². The van der Waals surface area contributed by atoms with Crippen LogP contribution in [0.3, 0.4) is 0 Å². The van der Waals surface area contributed by atoms with Crippen molar-refractivity contribution in [3.8, 4) is 6.07 Å². The highest BCUT2D eigenvalue weighted by atomic mass is 32.1. The number of halogens is 2. The van der Waals surface area contributed by atoms with Crippen molar-refractivity contribution in [1.82, 2.24) is 5.32 Å². The number of carbonyl (C=O) groups is 1. The van der Waals surface area contributed by atoms with Gasteiger partial charge in [0.2, 0.25) is 0 Å². The van der Waals surface area contributed by atoms with Crippen LogP contribution < -0.4 is 10.2 Å². The van der Waals surface area contributed by atoms with Gasteiger partial charge in [0, 0.05) is 19.1 Å². The number of nitrogens with one attached hydrogen (secondary N) is 1. The van der Waals surface area contributed by atoms with Gasteiger partial charge in [-0.05, 0) is 30.0 Å². The van der Waals surface area contributed by atoms with Crippen molar-refractivity contribution in [3.05, 3.63) is 51.7 Å². The zero-order chi connectivity index (χ0) is 16.4. The Balaban J connectivity index is 1.69. The fourth-order valence-electron chi connectivity index (χ4n) is 2.70. The number of carbonyl (C=O) groups excluding carboxylic acids is 1. The lowest BCUT2D eigenvalue weighted by Gasteiger charge is -2.20. The highest BCUT2D eigenvalue weighted by Crippen LogP contribution is 2.27. The third kappa shape index (κ3) is 3.03. The molecule has 2 aromatic rings. The molecule has 4 nitrogen and oxygen atoms in total. The third-order valence-electron chi connectivity index (χ3n) is 3.77. The van der Waals surface area contributed by atoms with Crippen LogP contribution in [-0.4, -0.2) is 25.0 Å². The number of nitriles is 1. The van der Waals surface area contributed by atoms with Gasteiger partial charge in [-0.3, -0.25) is 4.79 Å². The van der Waals surface area contributed by atoms with Gasteiger partial charge in [-0.25, -0.2) is 8.78 Å². The number of hydrogen-bond donors (Lipinski definition) is 1. The first kappa shape index (κ1) is 15.4. The number of nitrogens with zero attached hydrogens (tertiary/aromatic N) is 2. The number of benzene rings is 1. The van der Waals surface area contributed by atoms with Gasteiger partial charge in [0.05, 0.1) is 5.56 Å². The highest BCUT2D eigenvalue weighted by Gasteiger charge is 2.28. The maximum Gasteiger partial charge on any atom is 0.262 e. The van der Waals surface area contributed by atoms with Crippen LogP contribution in [0.25, 0.3) is 0 Å². The monoisotopic (exact) mass is 333 g/mol. The predicted molar refractivity (Wildman–Crippen MR) is 83.5 cm³/mol. The Morgan fingerprint density at radius 3 is 2.78 bits per heavy atom. The quantitative estimate of drug-likeness (QED) is 0.940. The van der Waals surface area contributed by atoms with E-state index < -0.39 is 11.6 Å². The van der Waals surface area contributed by atoms with Crippen LogP contribution in [0, 0.1) is 23.0 Å². The molecule has 1 saturated heterocycles. The molecule has 3 rings (SSSR count). The Morgan fingerprint density at radius 1 is 1.35 bits per heavy atom. The Labute approximate surface area is 136 Å². The van der Waals surface area contributed by atoms with E-state index in [0.717, 1.165) is 0 Å². The summed E-state index contributed by atoms with van der Waals surface area (Å²) in [5.41, 5.74) is 0.278. The van der Waals surface area contributed by atoms with Crippen molar-refractivity contribution < 1.29 is 13.6 Å². The van der Waals surface area contributed by atoms with Gasteiger partial charge in [0.25, 0.3) is 5.91 Å². The minimum absolute atomic E-state index is 0.0573. The van der Waals surface area contributed by atoms with Crippen LogP contribution in [0.5, 0.6) is 0 Å². The van der Waals surface area contributed by atoms with E-state index in [4.69, 9.17) is 5.26 Å². The molecule has 1 aromatic carbocycles. The lowest BCUT2D eigenvalue weighted by molar-refractivity contribution is 0.0944. The maximum absolute atomic E-state index is 13.8. The largest absolute Gasteiger partial charge is 0.365 e. The smallest absolute Gasteiger partial charge is 0.262 e. The number of hydrogen-bond acceptors (Lipinski definition) is 4. The molecule has 118 valence electrons. The van der Waals surface area contributed by atoms with Crippen molar-refractivity contribution >= 4 is 22.9 Å². The van der Waals surface area contributed by atoms with E-state index in [0.29, 0.717) is 30.0 Å². The highest BCUT2D eigenvalue weighted by molar-refractivity contribution is 7.12. The van der Waals surface area contributed by atoms with E-state index in [1.165, 1.54) is 29.5 Å². The van der Waals surface area contributed by atoms with Crippen molar-refractivity contribution in [3.63, 3.8) is 0 Å². The molecule has 1 aromatic heterocycles. The first-order valence-corrected chi connectivity index (χ1v) is 7.95. The molecule has 1 unspecified atom stereocenters. The number of anilines is 1. The van der Waals surface area contributed by atoms with Crippen molar-refractivity contribution in [2.24, 2.45) is 0 Å². The van der Waals surface area contributed by atoms with E-state index in [2.05, 4.69) is 5.32 Å². The molecular formula is C16H13F2N3OS. The summed E-state index contributed by atoms with van der Waals surface area (Å²) in [5, 5.41) is 13.5. The Bertz CT molecular complexity index is 764. The fourth-order valence-corrected chi connectivity index (χ4v) is 3.44. The van der Waals surface area contributed by atoms with E-state index >= 15 is 0 Å². The number of thiophene rings is 1. The van der Waals surface area contributed by atoms with Crippen molar-refractivity contribution in [2.75, 3.05) is 18.0 Å². The molecule has 2 heterocycles. The van der Waals surface area contributed by atoms with Crippen LogP contribution in [0.4, 0.5) is 14.5 Å². The number of para-hydroxylation sites is 1. The summed E-state index contributed by atoms with van der Waals surface area (Å²) in [6.45, 7) is 0.787. The first-order valence-electron chi connectivity index (χ1n) is 7.07. The molecule has 1 aliphatic heterocycles. The normalized spacial score (nSPS) is 17.1. The molecule has 0 aliphatic carbocycles. The second-order valence-electron chi connectivity index (χ2n) is 5.25. The van der Waals surface area contributed by atoms with Gasteiger partial charge in [0.15, 0.2) is 0 Å². The van der Waals surface area contributed by atoms with Gasteiger partial charge in [0.1, 0.15) is 28.3 Å². The summed E-state index contributed by atoms with van der Waals surface area (Å²) < 4.78 is 27.6. The van der Waals surface area contributed by atoms with Crippen LogP contribution in [0.2, 0.25) is 0 Å². The number of rotatable bonds is 3. The molecule has 1 aliphatic rings. The lowest BCUT2D eigenvalue weighted by Crippen LogP contribution is -2.37. The van der Waals surface area contributed by atoms with Crippen molar-refractivity contribution in [2.45, 2.75) is 12.5 Å². The second-order valence-corrected chi connectivity index (χ2v) is 6.17. The topological polar surface area (TPSA) is 56.1 Å². The lowest BCUT2D eigenvalue weighted by atomic mass is 10.2. The van der Waals surface area contributed by atoms with Crippen molar-refractivity contribution in [1.29, 1.82) is 5.26 Å². The standard InChI is InChI=1S/C16H13F2N3OS/c17-12-2-1-3-13(18)14(12)21-6-4-11(9-21)20-16(22)15-10(8-19)5-7-23-15/h1-3,5,7,11H,4,6,9H2,(H,20,22). The molecule has 23 heavy (non-hydrogen) atoms. The third-order valence-corrected chi connectivity index (χ3v) is 4.68. The summed E-state index contributed by atoms with van der Waals surface area (Å²) in [4.78, 5) is 14.2. The van der Waals surface area contributed by atoms with E-state index in [1.807, 2.05) is 6.07 Å². The van der Waals surface area contributed by atoms with Crippen LogP contribution >= 0.6 is 11.3 Å². The molecule has 0 spiro atoms. The van der Waals surface area contributed by atoms with E-state index in [-0.39, 0.29) is 17.6 Å². The summed E-state index contributed by atoms with van der Waals surface area (Å²) in [6, 6.07) is 7.11. The number of amides is 1. The van der Waals surface area contributed by atoms with Gasteiger partial charge in [-0.2, -0.15) is 5.26 Å². The Hall–Kier alpha value is -2.46. The molecule has 7 heteroatoms. The molecule has 1 fully saturated rings. The Kier molecular flexibility index (Phi) is 4.26. The molecule has 1 N–H and O–H groups in total. The summed E-state index contributed by atoms with van der Waals surface area (Å²) >= 11 is 1.20. The summed E-state index contributed by atoms with van der Waals surface area (Å²) in [6.07, 6.45) is 0.590. The molecule has 0 saturated carbocycles. The summed E-state index contributed by atoms with van der Waals surface area (Å²) in [5.74, 6) is -1.54. The minimum Gasteiger partial charge on any atom is -0.365 e. The predicted octanol–water partition coefficient (Wildman–Crippen LogP) is 2.91. The summed E-state index contributed by atoms with van der Waals surface area (Å²) in [7, 11) is 0. The molecular weight excluding hydrogens is 320 g/mol. The van der Waals surface area contributed by atoms with Crippen LogP contribution in [-0.2, 0) is 0 Å². The van der Waals surface area contributed by atoms with Gasteiger partial charge in [-0.1, -0.05) is 6.07 Å². The maximum atomic E-state index is 13.8. The molecule has 1 amide bonds. The second kappa shape index (κ2) is 6.34. The van der Waals surface area contributed by atoms with E-state index in [9.17, 15) is 13.6 Å². The minimum atomic E-state index is -0.609. The van der Waals surface area contributed by atoms with Crippen LogP contribution in [0.1, 0.15) is 21.7 Å². The van der Waals surface area contributed by atoms with Gasteiger partial charge >= 0.3 is 0 Å². The molecule has 0 radical (unpaired) electrons. The first-order chi connectivity index (χ1) is 11.1. The van der Waals surface area contributed by atoms with Crippen LogP contribution in [0.15, 0.2) is 29.6 Å².